The maximum Gasteiger partial charge on any atom is 0.222 e. The van der Waals surface area contributed by atoms with Gasteiger partial charge in [0.25, 0.3) is 0 Å². The third-order valence-electron chi connectivity index (χ3n) is 4.60. The number of benzene rings is 2. The van der Waals surface area contributed by atoms with E-state index in [1.807, 2.05) is 50.2 Å². The van der Waals surface area contributed by atoms with Gasteiger partial charge in [0.15, 0.2) is 6.10 Å². The predicted molar refractivity (Wildman–Crippen MR) is 104 cm³/mol. The zero-order valence-corrected chi connectivity index (χ0v) is 15.4. The van der Waals surface area contributed by atoms with Crippen molar-refractivity contribution in [3.63, 3.8) is 0 Å². The van der Waals surface area contributed by atoms with Crippen molar-refractivity contribution in [2.45, 2.75) is 45.3 Å². The second-order valence-corrected chi connectivity index (χ2v) is 7.13. The fourth-order valence-electron chi connectivity index (χ4n) is 3.09. The maximum atomic E-state index is 12.3. The highest BCUT2D eigenvalue weighted by Gasteiger charge is 2.31. The summed E-state index contributed by atoms with van der Waals surface area (Å²) in [7, 11) is 0. The average molecular weight is 350 g/mol. The molecule has 0 aromatic heterocycles. The van der Waals surface area contributed by atoms with Crippen molar-refractivity contribution in [2.24, 2.45) is 11.1 Å². The Morgan fingerprint density at radius 1 is 1.08 bits per heavy atom. The molecule has 0 bridgehead atoms. The van der Waals surface area contributed by atoms with Gasteiger partial charge in [0.1, 0.15) is 0 Å². The molecule has 1 aliphatic rings. The van der Waals surface area contributed by atoms with Crippen molar-refractivity contribution in [1.82, 2.24) is 5.32 Å². The van der Waals surface area contributed by atoms with Crippen LogP contribution >= 0.6 is 0 Å². The topological polar surface area (TPSA) is 50.7 Å². The van der Waals surface area contributed by atoms with Gasteiger partial charge in [-0.2, -0.15) is 0 Å². The Bertz CT molecular complexity index is 741. The van der Waals surface area contributed by atoms with Crippen LogP contribution in [0.3, 0.4) is 0 Å². The second-order valence-electron chi connectivity index (χ2n) is 7.13. The maximum absolute atomic E-state index is 12.3. The minimum Gasteiger partial charge on any atom is -0.390 e. The number of carbonyl (C=O) groups excluding carboxylic acids is 1. The van der Waals surface area contributed by atoms with Crippen LogP contribution in [0.5, 0.6) is 0 Å². The van der Waals surface area contributed by atoms with Crippen molar-refractivity contribution in [2.75, 3.05) is 0 Å². The van der Waals surface area contributed by atoms with Crippen molar-refractivity contribution in [1.29, 1.82) is 0 Å². The third-order valence-corrected chi connectivity index (χ3v) is 4.60. The summed E-state index contributed by atoms with van der Waals surface area (Å²) in [5.41, 5.74) is 3.43. The largest absolute Gasteiger partial charge is 0.390 e. The third kappa shape index (κ3) is 4.94. The van der Waals surface area contributed by atoms with Gasteiger partial charge in [-0.3, -0.25) is 4.79 Å². The van der Waals surface area contributed by atoms with Crippen LogP contribution < -0.4 is 5.32 Å². The number of hydrogen-bond acceptors (Lipinski definition) is 3. The van der Waals surface area contributed by atoms with Crippen LogP contribution in [0.4, 0.5) is 0 Å². The molecule has 1 amide bonds. The Labute approximate surface area is 155 Å². The van der Waals surface area contributed by atoms with E-state index in [0.717, 1.165) is 25.0 Å². The molecule has 2 aromatic carbocycles. The summed E-state index contributed by atoms with van der Waals surface area (Å²) < 4.78 is 0. The SMILES string of the molecule is CC(C)C(=O)NC(Cc1ccccc1)C1CC(Cc2ccccc2)=NO1. The Hall–Kier alpha value is -2.62. The minimum atomic E-state index is -0.128. The molecule has 2 atom stereocenters. The summed E-state index contributed by atoms with van der Waals surface area (Å²) in [6.07, 6.45) is 2.13. The molecule has 26 heavy (non-hydrogen) atoms. The van der Waals surface area contributed by atoms with Gasteiger partial charge in [0.2, 0.25) is 5.91 Å². The normalized spacial score (nSPS) is 17.5. The minimum absolute atomic E-state index is 0.0473. The van der Waals surface area contributed by atoms with E-state index in [1.54, 1.807) is 0 Å². The number of carbonyl (C=O) groups is 1. The number of amides is 1. The molecule has 4 nitrogen and oxygen atoms in total. The van der Waals surface area contributed by atoms with Crippen molar-refractivity contribution in [3.8, 4) is 0 Å². The van der Waals surface area contributed by atoms with Crippen molar-refractivity contribution in [3.05, 3.63) is 71.8 Å². The highest BCUT2D eigenvalue weighted by molar-refractivity contribution is 5.87. The molecule has 2 aromatic rings. The van der Waals surface area contributed by atoms with Gasteiger partial charge in [-0.15, -0.1) is 0 Å². The van der Waals surface area contributed by atoms with Crippen LogP contribution in [-0.4, -0.2) is 23.8 Å². The molecule has 136 valence electrons. The van der Waals surface area contributed by atoms with E-state index in [-0.39, 0.29) is 24.0 Å². The molecule has 0 fully saturated rings. The molecule has 3 rings (SSSR count). The first-order chi connectivity index (χ1) is 12.6. The lowest BCUT2D eigenvalue weighted by Crippen LogP contribution is -2.46. The van der Waals surface area contributed by atoms with Gasteiger partial charge < -0.3 is 10.2 Å². The zero-order chi connectivity index (χ0) is 18.4. The Balaban J connectivity index is 1.66. The lowest BCUT2D eigenvalue weighted by molar-refractivity contribution is -0.125. The number of nitrogens with zero attached hydrogens (tertiary/aromatic N) is 1. The van der Waals surface area contributed by atoms with E-state index in [4.69, 9.17) is 4.84 Å². The van der Waals surface area contributed by atoms with E-state index < -0.39 is 0 Å². The molecule has 0 saturated carbocycles. The fourth-order valence-corrected chi connectivity index (χ4v) is 3.09. The van der Waals surface area contributed by atoms with E-state index in [0.29, 0.717) is 0 Å². The molecule has 1 N–H and O–H groups in total. The van der Waals surface area contributed by atoms with Gasteiger partial charge in [-0.25, -0.2) is 0 Å². The highest BCUT2D eigenvalue weighted by atomic mass is 16.6. The molecule has 1 heterocycles. The van der Waals surface area contributed by atoms with Crippen molar-refractivity contribution < 1.29 is 9.63 Å². The number of hydrogen-bond donors (Lipinski definition) is 1. The second kappa shape index (κ2) is 8.65. The number of oxime groups is 1. The van der Waals surface area contributed by atoms with Crippen LogP contribution in [0.2, 0.25) is 0 Å². The lowest BCUT2D eigenvalue weighted by Gasteiger charge is -2.24. The summed E-state index contributed by atoms with van der Waals surface area (Å²) in [4.78, 5) is 18.0. The van der Waals surface area contributed by atoms with Crippen LogP contribution in [0.25, 0.3) is 0 Å². The Kier molecular flexibility index (Phi) is 6.05. The molecule has 0 saturated heterocycles. The van der Waals surface area contributed by atoms with Crippen LogP contribution in [-0.2, 0) is 22.5 Å². The first-order valence-electron chi connectivity index (χ1n) is 9.21. The summed E-state index contributed by atoms with van der Waals surface area (Å²) in [5, 5.41) is 7.45. The summed E-state index contributed by atoms with van der Waals surface area (Å²) in [6.45, 7) is 3.81. The molecular weight excluding hydrogens is 324 g/mol. The van der Waals surface area contributed by atoms with E-state index >= 15 is 0 Å². The van der Waals surface area contributed by atoms with Gasteiger partial charge in [-0.05, 0) is 17.5 Å². The monoisotopic (exact) mass is 350 g/mol. The first kappa shape index (κ1) is 18.2. The molecule has 0 radical (unpaired) electrons. The van der Waals surface area contributed by atoms with Gasteiger partial charge in [0, 0.05) is 18.8 Å². The Morgan fingerprint density at radius 2 is 1.69 bits per heavy atom. The molecular formula is C22H26N2O2. The van der Waals surface area contributed by atoms with Gasteiger partial charge in [0.05, 0.1) is 11.8 Å². The zero-order valence-electron chi connectivity index (χ0n) is 15.4. The molecule has 2 unspecified atom stereocenters. The van der Waals surface area contributed by atoms with E-state index in [1.165, 1.54) is 11.1 Å². The number of nitrogens with one attached hydrogen (secondary N) is 1. The summed E-state index contributed by atoms with van der Waals surface area (Å²) in [5.74, 6) is -0.00887. The highest BCUT2D eigenvalue weighted by Crippen LogP contribution is 2.20. The van der Waals surface area contributed by atoms with E-state index in [9.17, 15) is 4.79 Å². The smallest absolute Gasteiger partial charge is 0.222 e. The Morgan fingerprint density at radius 3 is 2.31 bits per heavy atom. The first-order valence-corrected chi connectivity index (χ1v) is 9.21. The lowest BCUT2D eigenvalue weighted by atomic mass is 9.95. The standard InChI is InChI=1S/C22H26N2O2/c1-16(2)22(25)23-20(14-18-11-7-4-8-12-18)21-15-19(24-26-21)13-17-9-5-3-6-10-17/h3-12,16,20-21H,13-15H2,1-2H3,(H,23,25). The van der Waals surface area contributed by atoms with E-state index in [2.05, 4.69) is 34.7 Å². The van der Waals surface area contributed by atoms with Gasteiger partial charge >= 0.3 is 0 Å². The van der Waals surface area contributed by atoms with Crippen molar-refractivity contribution >= 4 is 11.6 Å². The van der Waals surface area contributed by atoms with Crippen LogP contribution in [0, 0.1) is 5.92 Å². The average Bonchev–Trinajstić information content (AvgIpc) is 3.11. The molecule has 1 aliphatic heterocycles. The summed E-state index contributed by atoms with van der Waals surface area (Å²) in [6, 6.07) is 20.4. The molecule has 4 heteroatoms. The van der Waals surface area contributed by atoms with Crippen LogP contribution in [0.15, 0.2) is 65.8 Å². The summed E-state index contributed by atoms with van der Waals surface area (Å²) >= 11 is 0. The molecule has 0 aliphatic carbocycles. The molecule has 0 spiro atoms. The quantitative estimate of drug-likeness (QED) is 0.827. The van der Waals surface area contributed by atoms with Crippen LogP contribution in [0.1, 0.15) is 31.4 Å². The van der Waals surface area contributed by atoms with Gasteiger partial charge in [-0.1, -0.05) is 79.7 Å². The fraction of sp³-hybridized carbons (Fsp3) is 0.364. The predicted octanol–water partition coefficient (Wildman–Crippen LogP) is 3.76. The number of rotatable bonds is 7.